The molecule has 0 spiro atoms. The van der Waals surface area contributed by atoms with Crippen molar-refractivity contribution in [3.05, 3.63) is 53.3 Å². The van der Waals surface area contributed by atoms with Crippen molar-refractivity contribution in [2.45, 2.75) is 60.0 Å². The Morgan fingerprint density at radius 2 is 1.83 bits per heavy atom. The SMILES string of the molecule is CCc1cccc(-c2cc(F)c(C(=O)C(C)CC)c(NC(=O)OC(C)(C)C)c2)c1.[HH]. The Hall–Kier alpha value is -2.69. The fraction of sp³-hybridized carbons (Fsp3) is 0.417. The van der Waals surface area contributed by atoms with Crippen molar-refractivity contribution in [1.29, 1.82) is 0 Å². The minimum Gasteiger partial charge on any atom is -0.444 e. The van der Waals surface area contributed by atoms with Crippen LogP contribution in [-0.4, -0.2) is 17.5 Å². The summed E-state index contributed by atoms with van der Waals surface area (Å²) in [4.78, 5) is 25.1. The largest absolute Gasteiger partial charge is 0.444 e. The minimum atomic E-state index is -0.727. The molecule has 0 radical (unpaired) electrons. The minimum absolute atomic E-state index is 0. The van der Waals surface area contributed by atoms with Gasteiger partial charge in [-0.25, -0.2) is 9.18 Å². The van der Waals surface area contributed by atoms with Crippen molar-refractivity contribution in [3.63, 3.8) is 0 Å². The molecule has 0 fully saturated rings. The van der Waals surface area contributed by atoms with Crippen molar-refractivity contribution < 1.29 is 20.1 Å². The normalized spacial score (nSPS) is 12.4. The van der Waals surface area contributed by atoms with Gasteiger partial charge in [-0.05, 0) is 62.4 Å². The summed E-state index contributed by atoms with van der Waals surface area (Å²) in [5, 5.41) is 2.58. The van der Waals surface area contributed by atoms with Gasteiger partial charge < -0.3 is 4.74 Å². The third kappa shape index (κ3) is 5.89. The number of ketones is 1. The van der Waals surface area contributed by atoms with Gasteiger partial charge >= 0.3 is 6.09 Å². The molecule has 1 atom stereocenters. The number of benzene rings is 2. The van der Waals surface area contributed by atoms with Crippen LogP contribution < -0.4 is 5.32 Å². The molecule has 0 heterocycles. The molecule has 158 valence electrons. The van der Waals surface area contributed by atoms with E-state index in [1.165, 1.54) is 6.07 Å². The lowest BCUT2D eigenvalue weighted by Gasteiger charge is -2.21. The lowest BCUT2D eigenvalue weighted by Crippen LogP contribution is -2.28. The van der Waals surface area contributed by atoms with Gasteiger partial charge in [0.15, 0.2) is 5.78 Å². The summed E-state index contributed by atoms with van der Waals surface area (Å²) < 4.78 is 20.4. The highest BCUT2D eigenvalue weighted by molar-refractivity contribution is 6.06. The number of nitrogens with one attached hydrogen (secondary N) is 1. The van der Waals surface area contributed by atoms with Crippen LogP contribution in [0.4, 0.5) is 14.9 Å². The van der Waals surface area contributed by atoms with Gasteiger partial charge in [0.05, 0.1) is 11.3 Å². The number of carbonyl (C=O) groups is 2. The molecule has 5 heteroatoms. The van der Waals surface area contributed by atoms with Gasteiger partial charge in [-0.1, -0.05) is 45.0 Å². The molecular formula is C24H32FNO3. The topological polar surface area (TPSA) is 55.4 Å². The van der Waals surface area contributed by atoms with Gasteiger partial charge in [-0.2, -0.15) is 0 Å². The fourth-order valence-corrected chi connectivity index (χ4v) is 2.94. The molecule has 0 aromatic heterocycles. The van der Waals surface area contributed by atoms with E-state index < -0.39 is 17.5 Å². The quantitative estimate of drug-likeness (QED) is 0.537. The van der Waals surface area contributed by atoms with Crippen LogP contribution in [0.2, 0.25) is 0 Å². The maximum atomic E-state index is 15.1. The van der Waals surface area contributed by atoms with Crippen molar-refractivity contribution in [2.75, 3.05) is 5.32 Å². The first kappa shape index (κ1) is 22.6. The summed E-state index contributed by atoms with van der Waals surface area (Å²) in [6.45, 7) is 10.9. The number of halogens is 1. The van der Waals surface area contributed by atoms with Gasteiger partial charge in [0.2, 0.25) is 0 Å². The lowest BCUT2D eigenvalue weighted by atomic mass is 9.92. The number of hydrogen-bond donors (Lipinski definition) is 1. The summed E-state index contributed by atoms with van der Waals surface area (Å²) in [6.07, 6.45) is 0.698. The number of ether oxygens (including phenoxy) is 1. The second-order valence-electron chi connectivity index (χ2n) is 8.23. The van der Waals surface area contributed by atoms with Crippen molar-refractivity contribution >= 4 is 17.6 Å². The Kier molecular flexibility index (Phi) is 7.17. The monoisotopic (exact) mass is 401 g/mol. The van der Waals surface area contributed by atoms with Crippen LogP contribution in [0.3, 0.4) is 0 Å². The summed E-state index contributed by atoms with van der Waals surface area (Å²) in [5.74, 6) is -1.36. The molecule has 1 amide bonds. The number of rotatable bonds is 6. The number of aryl methyl sites for hydroxylation is 1. The molecule has 0 aliphatic carbocycles. The van der Waals surface area contributed by atoms with E-state index in [1.807, 2.05) is 38.1 Å². The molecule has 0 saturated heterocycles. The predicted octanol–water partition coefficient (Wildman–Crippen LogP) is 6.88. The third-order valence-electron chi connectivity index (χ3n) is 4.70. The van der Waals surface area contributed by atoms with Crippen LogP contribution >= 0.6 is 0 Å². The van der Waals surface area contributed by atoms with Crippen molar-refractivity contribution in [1.82, 2.24) is 0 Å². The summed E-state index contributed by atoms with van der Waals surface area (Å²) in [6, 6.07) is 10.7. The second kappa shape index (κ2) is 9.21. The first-order valence-electron chi connectivity index (χ1n) is 10.0. The highest BCUT2D eigenvalue weighted by atomic mass is 19.1. The van der Waals surface area contributed by atoms with Gasteiger partial charge in [-0.3, -0.25) is 10.1 Å². The van der Waals surface area contributed by atoms with E-state index in [1.54, 1.807) is 33.8 Å². The number of hydrogen-bond acceptors (Lipinski definition) is 3. The second-order valence-corrected chi connectivity index (χ2v) is 8.23. The Labute approximate surface area is 174 Å². The Morgan fingerprint density at radius 1 is 1.14 bits per heavy atom. The first-order chi connectivity index (χ1) is 13.6. The third-order valence-corrected chi connectivity index (χ3v) is 4.70. The van der Waals surface area contributed by atoms with E-state index >= 15 is 4.39 Å². The summed E-state index contributed by atoms with van der Waals surface area (Å²) in [5.41, 5.74) is 1.82. The molecule has 2 rings (SSSR count). The van der Waals surface area contributed by atoms with Crippen LogP contribution in [0.15, 0.2) is 36.4 Å². The standard InChI is InChI=1S/C24H30FNO3.H2/c1-7-15(3)22(27)21-19(25)13-18(17-11-9-10-16(8-2)12-17)14-20(21)26-23(28)29-24(4,5)6;/h9-15H,7-8H2,1-6H3,(H,26,28);1H. The van der Waals surface area contributed by atoms with E-state index in [2.05, 4.69) is 5.32 Å². The number of Topliss-reactive ketones (excluding diaryl/α,β-unsaturated/α-hetero) is 1. The van der Waals surface area contributed by atoms with Gasteiger partial charge in [0, 0.05) is 7.34 Å². The fourth-order valence-electron chi connectivity index (χ4n) is 2.94. The molecule has 2 aromatic rings. The van der Waals surface area contributed by atoms with Crippen LogP contribution in [-0.2, 0) is 11.2 Å². The molecule has 29 heavy (non-hydrogen) atoms. The van der Waals surface area contributed by atoms with E-state index in [4.69, 9.17) is 4.74 Å². The zero-order chi connectivity index (χ0) is 21.8. The Morgan fingerprint density at radius 3 is 2.41 bits per heavy atom. The summed E-state index contributed by atoms with van der Waals surface area (Å²) >= 11 is 0. The van der Waals surface area contributed by atoms with Crippen LogP contribution in [0.1, 0.15) is 65.3 Å². The first-order valence-corrected chi connectivity index (χ1v) is 10.0. The number of amides is 1. The zero-order valence-corrected chi connectivity index (χ0v) is 18.1. The van der Waals surface area contributed by atoms with Crippen LogP contribution in [0, 0.1) is 11.7 Å². The molecule has 2 aromatic carbocycles. The van der Waals surface area contributed by atoms with Crippen molar-refractivity contribution in [3.8, 4) is 11.1 Å². The molecular weight excluding hydrogens is 369 g/mol. The van der Waals surface area contributed by atoms with Gasteiger partial charge in [0.25, 0.3) is 0 Å². The number of carbonyl (C=O) groups excluding carboxylic acids is 2. The Balaban J connectivity index is 0.00000450. The molecule has 0 aliphatic rings. The average Bonchev–Trinajstić information content (AvgIpc) is 2.65. The van der Waals surface area contributed by atoms with E-state index in [0.29, 0.717) is 12.0 Å². The van der Waals surface area contributed by atoms with E-state index in [-0.39, 0.29) is 24.4 Å². The van der Waals surface area contributed by atoms with Gasteiger partial charge in [0.1, 0.15) is 11.4 Å². The van der Waals surface area contributed by atoms with E-state index in [9.17, 15) is 9.59 Å². The van der Waals surface area contributed by atoms with E-state index in [0.717, 1.165) is 17.5 Å². The molecule has 4 nitrogen and oxygen atoms in total. The molecule has 0 bridgehead atoms. The zero-order valence-electron chi connectivity index (χ0n) is 18.1. The van der Waals surface area contributed by atoms with Crippen molar-refractivity contribution in [2.24, 2.45) is 5.92 Å². The van der Waals surface area contributed by atoms with Crippen LogP contribution in [0.5, 0.6) is 0 Å². The smallest absolute Gasteiger partial charge is 0.412 e. The highest BCUT2D eigenvalue weighted by Gasteiger charge is 2.25. The maximum Gasteiger partial charge on any atom is 0.412 e. The predicted molar refractivity (Wildman–Crippen MR) is 117 cm³/mol. The lowest BCUT2D eigenvalue weighted by molar-refractivity contribution is 0.0636. The molecule has 1 unspecified atom stereocenters. The molecule has 1 N–H and O–H groups in total. The Bertz CT molecular complexity index is 906. The highest BCUT2D eigenvalue weighted by Crippen LogP contribution is 2.31. The number of anilines is 1. The van der Waals surface area contributed by atoms with Gasteiger partial charge in [-0.15, -0.1) is 0 Å². The maximum absolute atomic E-state index is 15.1. The summed E-state index contributed by atoms with van der Waals surface area (Å²) in [7, 11) is 0. The molecule has 0 saturated carbocycles. The average molecular weight is 402 g/mol. The molecule has 0 aliphatic heterocycles. The van der Waals surface area contributed by atoms with Crippen LogP contribution in [0.25, 0.3) is 11.1 Å².